The fourth-order valence-corrected chi connectivity index (χ4v) is 8.91. The lowest BCUT2D eigenvalue weighted by Crippen LogP contribution is -1.93. The summed E-state index contributed by atoms with van der Waals surface area (Å²) < 4.78 is 4.75. The molecule has 250 valence electrons. The van der Waals surface area contributed by atoms with E-state index in [1.807, 2.05) is 12.4 Å². The highest BCUT2D eigenvalue weighted by Gasteiger charge is 2.24. The second-order valence-electron chi connectivity index (χ2n) is 14.2. The third-order valence-corrected chi connectivity index (χ3v) is 11.3. The third kappa shape index (κ3) is 4.13. The average molecular weight is 687 g/mol. The zero-order valence-corrected chi connectivity index (χ0v) is 29.1. The predicted molar refractivity (Wildman–Crippen MR) is 224 cm³/mol. The summed E-state index contributed by atoms with van der Waals surface area (Å²) in [6, 6.07) is 61.5. The zero-order chi connectivity index (χ0) is 35.3. The van der Waals surface area contributed by atoms with Crippen LogP contribution in [0.25, 0.3) is 111 Å². The van der Waals surface area contributed by atoms with Crippen molar-refractivity contribution in [3.05, 3.63) is 182 Å². The van der Waals surface area contributed by atoms with Gasteiger partial charge in [-0.05, 0) is 95.6 Å². The molecule has 0 aliphatic heterocycles. The van der Waals surface area contributed by atoms with Gasteiger partial charge in [-0.1, -0.05) is 91.0 Å². The van der Waals surface area contributed by atoms with E-state index in [1.54, 1.807) is 0 Å². The normalized spacial score (nSPS) is 12.1. The second kappa shape index (κ2) is 11.1. The number of nitrogens with zero attached hydrogens (tertiary/aromatic N) is 4. The Morgan fingerprint density at radius 2 is 0.944 bits per heavy atom. The highest BCUT2D eigenvalue weighted by atomic mass is 15.0. The van der Waals surface area contributed by atoms with Crippen LogP contribution in [0.1, 0.15) is 0 Å². The van der Waals surface area contributed by atoms with E-state index in [4.69, 9.17) is 4.98 Å². The minimum Gasteiger partial charge on any atom is -0.309 e. The van der Waals surface area contributed by atoms with Crippen molar-refractivity contribution in [1.82, 2.24) is 19.1 Å². The third-order valence-electron chi connectivity index (χ3n) is 11.3. The summed E-state index contributed by atoms with van der Waals surface area (Å²) in [4.78, 5) is 9.87. The molecule has 0 amide bonds. The van der Waals surface area contributed by atoms with Crippen LogP contribution in [0.4, 0.5) is 0 Å². The molecule has 0 atom stereocenters. The number of rotatable bonds is 4. The van der Waals surface area contributed by atoms with Crippen LogP contribution < -0.4 is 0 Å². The fraction of sp³-hybridized carbons (Fsp3) is 0. The van der Waals surface area contributed by atoms with Gasteiger partial charge >= 0.3 is 0 Å². The number of para-hydroxylation sites is 3. The molecule has 11 aromatic rings. The molecule has 0 spiro atoms. The summed E-state index contributed by atoms with van der Waals surface area (Å²) in [7, 11) is 0. The Morgan fingerprint density at radius 3 is 1.63 bits per heavy atom. The van der Waals surface area contributed by atoms with E-state index in [2.05, 4.69) is 184 Å². The van der Waals surface area contributed by atoms with Gasteiger partial charge in [0.25, 0.3) is 0 Å². The Balaban J connectivity index is 1.05. The molecular weight excluding hydrogens is 657 g/mol. The minimum absolute atomic E-state index is 0.956. The van der Waals surface area contributed by atoms with Crippen molar-refractivity contribution < 1.29 is 0 Å². The van der Waals surface area contributed by atoms with Crippen molar-refractivity contribution in [3.63, 3.8) is 0 Å². The first-order chi connectivity index (χ1) is 26.8. The number of hydrogen-bond donors (Lipinski definition) is 0. The van der Waals surface area contributed by atoms with E-state index in [-0.39, 0.29) is 0 Å². The monoisotopic (exact) mass is 686 g/mol. The van der Waals surface area contributed by atoms with Crippen molar-refractivity contribution in [2.75, 3.05) is 0 Å². The summed E-state index contributed by atoms with van der Waals surface area (Å²) in [5, 5.41) is 7.30. The Bertz CT molecular complexity index is 3310. The number of fused-ring (bicyclic) bond motifs is 9. The molecule has 0 radical (unpaired) electrons. The van der Waals surface area contributed by atoms with Crippen LogP contribution in [-0.4, -0.2) is 19.1 Å². The first kappa shape index (κ1) is 29.3. The van der Waals surface area contributed by atoms with Gasteiger partial charge in [-0.2, -0.15) is 0 Å². The van der Waals surface area contributed by atoms with Gasteiger partial charge in [0.15, 0.2) is 0 Å². The lowest BCUT2D eigenvalue weighted by Gasteiger charge is -2.09. The topological polar surface area (TPSA) is 35.6 Å². The number of benzene rings is 7. The first-order valence-electron chi connectivity index (χ1n) is 18.4. The molecule has 0 unspecified atom stereocenters. The SMILES string of the molecule is c1ccc(-n2c3ccccc3c3cc(-c4ccc5c(c4)c4cc(-c6ccc7c(n6)-c6cncc8cccc-7c68)ccc4n5-c4ccccc4)ccc32)cc1. The van der Waals surface area contributed by atoms with E-state index in [0.717, 1.165) is 33.6 Å². The number of aromatic nitrogens is 4. The van der Waals surface area contributed by atoms with E-state index < -0.39 is 0 Å². The van der Waals surface area contributed by atoms with E-state index in [1.165, 1.54) is 76.9 Å². The summed E-state index contributed by atoms with van der Waals surface area (Å²) in [6.45, 7) is 0. The maximum Gasteiger partial charge on any atom is 0.0810 e. The largest absolute Gasteiger partial charge is 0.309 e. The van der Waals surface area contributed by atoms with Crippen molar-refractivity contribution in [2.45, 2.75) is 0 Å². The summed E-state index contributed by atoms with van der Waals surface area (Å²) in [5.74, 6) is 0. The molecule has 4 heteroatoms. The maximum atomic E-state index is 5.31. The molecule has 7 aromatic carbocycles. The molecule has 54 heavy (non-hydrogen) atoms. The van der Waals surface area contributed by atoms with Gasteiger partial charge in [-0.25, -0.2) is 4.98 Å². The molecule has 0 fully saturated rings. The lowest BCUT2D eigenvalue weighted by molar-refractivity contribution is 1.18. The van der Waals surface area contributed by atoms with Crippen LogP contribution in [0.5, 0.6) is 0 Å². The van der Waals surface area contributed by atoms with Gasteiger partial charge in [0.05, 0.1) is 33.5 Å². The van der Waals surface area contributed by atoms with Crippen molar-refractivity contribution in [1.29, 1.82) is 0 Å². The molecule has 0 N–H and O–H groups in total. The van der Waals surface area contributed by atoms with Crippen LogP contribution in [0.3, 0.4) is 0 Å². The summed E-state index contributed by atoms with van der Waals surface area (Å²) in [6.07, 6.45) is 3.91. The lowest BCUT2D eigenvalue weighted by atomic mass is 9.99. The highest BCUT2D eigenvalue weighted by molar-refractivity contribution is 6.15. The van der Waals surface area contributed by atoms with Crippen LogP contribution in [0.2, 0.25) is 0 Å². The smallest absolute Gasteiger partial charge is 0.0810 e. The maximum absolute atomic E-state index is 5.31. The average Bonchev–Trinajstić information content (AvgIpc) is 3.87. The Morgan fingerprint density at radius 1 is 0.370 bits per heavy atom. The Kier molecular flexibility index (Phi) is 6.02. The minimum atomic E-state index is 0.956. The Labute approximate surface area is 310 Å². The molecule has 0 saturated carbocycles. The van der Waals surface area contributed by atoms with Crippen LogP contribution in [0.15, 0.2) is 182 Å². The molecule has 12 rings (SSSR count). The molecule has 4 aromatic heterocycles. The summed E-state index contributed by atoms with van der Waals surface area (Å²) in [5.41, 5.74) is 16.0. The van der Waals surface area contributed by atoms with Gasteiger partial charge in [-0.15, -0.1) is 0 Å². The number of pyridine rings is 2. The molecule has 1 aliphatic rings. The van der Waals surface area contributed by atoms with Gasteiger partial charge in [0.2, 0.25) is 0 Å². The molecular formula is C50H30N4. The van der Waals surface area contributed by atoms with Gasteiger partial charge in [-0.3, -0.25) is 4.98 Å². The van der Waals surface area contributed by atoms with Gasteiger partial charge in [0.1, 0.15) is 0 Å². The fourth-order valence-electron chi connectivity index (χ4n) is 8.91. The van der Waals surface area contributed by atoms with Gasteiger partial charge in [0, 0.05) is 72.8 Å². The highest BCUT2D eigenvalue weighted by Crippen LogP contribution is 2.47. The molecule has 4 nitrogen and oxygen atoms in total. The quantitative estimate of drug-likeness (QED) is 0.185. The van der Waals surface area contributed by atoms with E-state index in [9.17, 15) is 0 Å². The molecule has 0 saturated heterocycles. The van der Waals surface area contributed by atoms with E-state index >= 15 is 0 Å². The molecule has 1 aliphatic carbocycles. The van der Waals surface area contributed by atoms with Crippen LogP contribution in [0, 0.1) is 0 Å². The van der Waals surface area contributed by atoms with Crippen LogP contribution in [-0.2, 0) is 0 Å². The second-order valence-corrected chi connectivity index (χ2v) is 14.2. The van der Waals surface area contributed by atoms with Crippen molar-refractivity contribution >= 4 is 54.4 Å². The standard InChI is InChI=1S/C50H30N4/c1-3-11-35(12-4-1)53-45-17-8-7-15-37(45)40-26-31(18-23-46(40)53)32-19-24-47-41(27-32)42-28-33(20-25-48(42)54(47)36-13-5-2-6-14-36)44-22-21-39-38-16-9-10-34-29-51-30-43(49(34)38)50(39)52-44/h1-30H. The molecule has 0 bridgehead atoms. The van der Waals surface area contributed by atoms with Gasteiger partial charge < -0.3 is 9.13 Å². The predicted octanol–water partition coefficient (Wildman–Crippen LogP) is 12.8. The van der Waals surface area contributed by atoms with Crippen molar-refractivity contribution in [3.8, 4) is 56.1 Å². The summed E-state index contributed by atoms with van der Waals surface area (Å²) >= 11 is 0. The van der Waals surface area contributed by atoms with Crippen LogP contribution >= 0.6 is 0 Å². The van der Waals surface area contributed by atoms with E-state index in [0.29, 0.717) is 0 Å². The Hall–Kier alpha value is -7.30. The first-order valence-corrected chi connectivity index (χ1v) is 18.4. The van der Waals surface area contributed by atoms with Crippen molar-refractivity contribution in [2.24, 2.45) is 0 Å². The molecule has 4 heterocycles. The zero-order valence-electron chi connectivity index (χ0n) is 29.1. The number of hydrogen-bond acceptors (Lipinski definition) is 2.